The molecular formula is C49H33NO. The van der Waals surface area contributed by atoms with Crippen LogP contribution < -0.4 is 9.64 Å². The van der Waals surface area contributed by atoms with Crippen molar-refractivity contribution in [2.24, 2.45) is 0 Å². The zero-order valence-corrected chi connectivity index (χ0v) is 27.9. The van der Waals surface area contributed by atoms with Gasteiger partial charge in [-0.15, -0.1) is 0 Å². The molecule has 1 aliphatic carbocycles. The molecule has 2 heteroatoms. The fourth-order valence-electron chi connectivity index (χ4n) is 8.35. The average molecular weight is 652 g/mol. The summed E-state index contributed by atoms with van der Waals surface area (Å²) in [5.74, 6) is 1.66. The lowest BCUT2D eigenvalue weighted by Crippen LogP contribution is -2.28. The Kier molecular flexibility index (Phi) is 6.75. The Bertz CT molecular complexity index is 2410. The number of nitrogens with zero attached hydrogens (tertiary/aromatic N) is 1. The molecule has 0 radical (unpaired) electrons. The first-order chi connectivity index (χ1) is 25.3. The highest BCUT2D eigenvalue weighted by Crippen LogP contribution is 2.61. The predicted octanol–water partition coefficient (Wildman–Crippen LogP) is 13.0. The molecule has 2 aliphatic rings. The number of hydrogen-bond donors (Lipinski definition) is 0. The maximum absolute atomic E-state index is 6.88. The molecule has 0 atom stereocenters. The summed E-state index contributed by atoms with van der Waals surface area (Å²) in [6, 6.07) is 72.0. The molecule has 0 bridgehead atoms. The van der Waals surface area contributed by atoms with E-state index in [1.54, 1.807) is 0 Å². The maximum atomic E-state index is 6.88. The second-order valence-corrected chi connectivity index (χ2v) is 13.3. The topological polar surface area (TPSA) is 12.5 Å². The second-order valence-electron chi connectivity index (χ2n) is 13.3. The number of anilines is 3. The third-order valence-electron chi connectivity index (χ3n) is 10.5. The van der Waals surface area contributed by atoms with Crippen LogP contribution in [-0.2, 0) is 5.41 Å². The van der Waals surface area contributed by atoms with Crippen LogP contribution in [0.15, 0.2) is 200 Å². The van der Waals surface area contributed by atoms with Crippen molar-refractivity contribution < 1.29 is 4.74 Å². The van der Waals surface area contributed by atoms with Crippen LogP contribution in [0.5, 0.6) is 11.5 Å². The highest BCUT2D eigenvalue weighted by atomic mass is 16.5. The molecule has 0 fully saturated rings. The van der Waals surface area contributed by atoms with Gasteiger partial charge in [-0.1, -0.05) is 170 Å². The van der Waals surface area contributed by atoms with Crippen LogP contribution in [0.2, 0.25) is 0 Å². The normalized spacial score (nSPS) is 13.4. The predicted molar refractivity (Wildman–Crippen MR) is 209 cm³/mol. The van der Waals surface area contributed by atoms with Crippen LogP contribution in [0.25, 0.3) is 33.4 Å². The van der Waals surface area contributed by atoms with Crippen molar-refractivity contribution in [1.82, 2.24) is 0 Å². The van der Waals surface area contributed by atoms with Crippen molar-refractivity contribution in [3.8, 4) is 44.9 Å². The molecular weight excluding hydrogens is 619 g/mol. The Morgan fingerprint density at radius 1 is 0.353 bits per heavy atom. The van der Waals surface area contributed by atoms with Gasteiger partial charge < -0.3 is 9.64 Å². The van der Waals surface area contributed by atoms with Crippen LogP contribution >= 0.6 is 0 Å². The van der Waals surface area contributed by atoms with E-state index < -0.39 is 5.41 Å². The molecule has 1 aliphatic heterocycles. The molecule has 0 aromatic heterocycles. The van der Waals surface area contributed by atoms with E-state index >= 15 is 0 Å². The maximum Gasteiger partial charge on any atom is 0.152 e. The van der Waals surface area contributed by atoms with Gasteiger partial charge in [-0.05, 0) is 80.4 Å². The Balaban J connectivity index is 1.25. The standard InChI is InChI=1S/C49H33NO/c1-5-16-34(17-6-1)36-28-30-43-46(32-36)51-47-33-37(35-18-7-2-8-19-35)29-31-44(47)50(43)45-27-15-26-42-48(45)40-24-13-14-25-41(40)49(42,38-20-9-3-10-21-38)39-22-11-4-12-23-39/h1-33H. The van der Waals surface area contributed by atoms with Gasteiger partial charge in [0.25, 0.3) is 0 Å². The average Bonchev–Trinajstić information content (AvgIpc) is 3.52. The smallest absolute Gasteiger partial charge is 0.152 e. The van der Waals surface area contributed by atoms with Gasteiger partial charge in [0, 0.05) is 5.56 Å². The molecule has 0 saturated carbocycles. The van der Waals surface area contributed by atoms with Gasteiger partial charge in [0.1, 0.15) is 0 Å². The third-order valence-corrected chi connectivity index (χ3v) is 10.5. The zero-order chi connectivity index (χ0) is 33.8. The van der Waals surface area contributed by atoms with Crippen molar-refractivity contribution >= 4 is 17.1 Å². The van der Waals surface area contributed by atoms with Crippen molar-refractivity contribution in [2.75, 3.05) is 4.90 Å². The summed E-state index contributed by atoms with van der Waals surface area (Å²) in [6.45, 7) is 0. The van der Waals surface area contributed by atoms with Crippen LogP contribution in [0.3, 0.4) is 0 Å². The Morgan fingerprint density at radius 2 is 0.824 bits per heavy atom. The minimum absolute atomic E-state index is 0.489. The summed E-state index contributed by atoms with van der Waals surface area (Å²) in [5, 5.41) is 0. The van der Waals surface area contributed by atoms with E-state index in [4.69, 9.17) is 4.74 Å². The second kappa shape index (κ2) is 11.8. The van der Waals surface area contributed by atoms with Crippen LogP contribution in [0.4, 0.5) is 17.1 Å². The SMILES string of the molecule is c1ccc(-c2ccc3c(c2)Oc2cc(-c4ccccc4)ccc2N3c2cccc3c2-c2ccccc2C3(c2ccccc2)c2ccccc2)cc1. The van der Waals surface area contributed by atoms with Gasteiger partial charge in [0.2, 0.25) is 0 Å². The van der Waals surface area contributed by atoms with Crippen LogP contribution in [0, 0.1) is 0 Å². The first-order valence-corrected chi connectivity index (χ1v) is 17.5. The van der Waals surface area contributed by atoms with E-state index in [0.29, 0.717) is 0 Å². The minimum Gasteiger partial charge on any atom is -0.453 e. The summed E-state index contributed by atoms with van der Waals surface area (Å²) in [4.78, 5) is 2.42. The third kappa shape index (κ3) is 4.50. The molecule has 8 aromatic carbocycles. The fourth-order valence-corrected chi connectivity index (χ4v) is 8.35. The van der Waals surface area contributed by atoms with Crippen molar-refractivity contribution in [2.45, 2.75) is 5.41 Å². The van der Waals surface area contributed by atoms with Crippen LogP contribution in [0.1, 0.15) is 22.3 Å². The molecule has 0 unspecified atom stereocenters. The van der Waals surface area contributed by atoms with E-state index in [2.05, 4.69) is 205 Å². The molecule has 0 spiro atoms. The molecule has 1 heterocycles. The lowest BCUT2D eigenvalue weighted by molar-refractivity contribution is 0.477. The molecule has 0 N–H and O–H groups in total. The van der Waals surface area contributed by atoms with E-state index in [1.165, 1.54) is 33.4 Å². The first-order valence-electron chi connectivity index (χ1n) is 17.5. The number of ether oxygens (including phenoxy) is 1. The van der Waals surface area contributed by atoms with Gasteiger partial charge in [-0.2, -0.15) is 0 Å². The molecule has 10 rings (SSSR count). The van der Waals surface area contributed by atoms with Crippen molar-refractivity contribution in [3.63, 3.8) is 0 Å². The van der Waals surface area contributed by atoms with Gasteiger partial charge >= 0.3 is 0 Å². The highest BCUT2D eigenvalue weighted by molar-refractivity contribution is 6.00. The summed E-state index contributed by atoms with van der Waals surface area (Å²) in [7, 11) is 0. The lowest BCUT2D eigenvalue weighted by atomic mass is 9.68. The van der Waals surface area contributed by atoms with E-state index in [-0.39, 0.29) is 0 Å². The molecule has 240 valence electrons. The quantitative estimate of drug-likeness (QED) is 0.184. The zero-order valence-electron chi connectivity index (χ0n) is 27.9. The Hall–Kier alpha value is -6.64. The van der Waals surface area contributed by atoms with E-state index in [1.807, 2.05) is 0 Å². The first kappa shape index (κ1) is 29.3. The van der Waals surface area contributed by atoms with Gasteiger partial charge in [-0.3, -0.25) is 0 Å². The van der Waals surface area contributed by atoms with Crippen molar-refractivity contribution in [1.29, 1.82) is 0 Å². The monoisotopic (exact) mass is 651 g/mol. The highest BCUT2D eigenvalue weighted by Gasteiger charge is 2.47. The Labute approximate surface area is 298 Å². The number of rotatable bonds is 5. The largest absolute Gasteiger partial charge is 0.453 e. The van der Waals surface area contributed by atoms with Crippen LogP contribution in [-0.4, -0.2) is 0 Å². The lowest BCUT2D eigenvalue weighted by Gasteiger charge is -2.36. The summed E-state index contributed by atoms with van der Waals surface area (Å²) >= 11 is 0. The van der Waals surface area contributed by atoms with E-state index in [9.17, 15) is 0 Å². The molecule has 2 nitrogen and oxygen atoms in total. The van der Waals surface area contributed by atoms with E-state index in [0.717, 1.165) is 50.8 Å². The number of benzene rings is 8. The summed E-state index contributed by atoms with van der Waals surface area (Å²) in [6.07, 6.45) is 0. The Morgan fingerprint density at radius 3 is 1.37 bits per heavy atom. The minimum atomic E-state index is -0.489. The summed E-state index contributed by atoms with van der Waals surface area (Å²) < 4.78 is 6.88. The van der Waals surface area contributed by atoms with Gasteiger partial charge in [-0.25, -0.2) is 0 Å². The molecule has 0 saturated heterocycles. The van der Waals surface area contributed by atoms with Gasteiger partial charge in [0.05, 0.1) is 22.5 Å². The van der Waals surface area contributed by atoms with Gasteiger partial charge in [0.15, 0.2) is 11.5 Å². The van der Waals surface area contributed by atoms with Crippen molar-refractivity contribution in [3.05, 3.63) is 222 Å². The molecule has 51 heavy (non-hydrogen) atoms. The fraction of sp³-hybridized carbons (Fsp3) is 0.0204. The molecule has 0 amide bonds. The number of fused-ring (bicyclic) bond motifs is 5. The molecule has 8 aromatic rings. The summed E-state index contributed by atoms with van der Waals surface area (Å²) in [5.41, 5.74) is 14.8. The number of hydrogen-bond acceptors (Lipinski definition) is 2.